The number of rotatable bonds is 6. The summed E-state index contributed by atoms with van der Waals surface area (Å²) in [6.45, 7) is 4.22. The van der Waals surface area contributed by atoms with E-state index in [-0.39, 0.29) is 12.5 Å². The highest BCUT2D eigenvalue weighted by atomic mass is 16.2. The Balaban J connectivity index is 3.08. The maximum absolute atomic E-state index is 11.8. The summed E-state index contributed by atoms with van der Waals surface area (Å²) in [4.78, 5) is 24.1. The lowest BCUT2D eigenvalue weighted by atomic mass is 10.2. The molecule has 1 rings (SSSR count). The molecule has 0 aliphatic carbocycles. The number of carbonyl (C=O) groups excluding carboxylic acids is 1. The number of nitrogen functional groups attached to an aromatic ring is 1. The van der Waals surface area contributed by atoms with Crippen molar-refractivity contribution in [1.82, 2.24) is 14.9 Å². The molecule has 0 aromatic carbocycles. The molecule has 0 saturated carbocycles. The van der Waals surface area contributed by atoms with Crippen LogP contribution in [-0.2, 0) is 11.2 Å². The summed E-state index contributed by atoms with van der Waals surface area (Å²) in [6.07, 6.45) is 1.73. The van der Waals surface area contributed by atoms with Crippen LogP contribution in [0.4, 0.5) is 11.6 Å². The van der Waals surface area contributed by atoms with Gasteiger partial charge < -0.3 is 15.2 Å². The van der Waals surface area contributed by atoms with Crippen molar-refractivity contribution in [2.45, 2.75) is 26.7 Å². The highest BCUT2D eigenvalue weighted by molar-refractivity contribution is 5.81. The number of nitrogens with one attached hydrogen (secondary N) is 1. The van der Waals surface area contributed by atoms with E-state index in [1.807, 2.05) is 18.9 Å². The smallest absolute Gasteiger partial charge is 0.241 e. The normalized spacial score (nSPS) is 10.3. The molecule has 1 heterocycles. The average molecular weight is 280 g/mol. The van der Waals surface area contributed by atoms with Crippen molar-refractivity contribution in [2.75, 3.05) is 38.0 Å². The van der Waals surface area contributed by atoms with Gasteiger partial charge in [-0.1, -0.05) is 6.92 Å². The van der Waals surface area contributed by atoms with Gasteiger partial charge in [-0.05, 0) is 13.3 Å². The van der Waals surface area contributed by atoms with E-state index in [0.29, 0.717) is 5.82 Å². The van der Waals surface area contributed by atoms with Gasteiger partial charge in [-0.3, -0.25) is 4.79 Å². The molecule has 0 aliphatic heterocycles. The summed E-state index contributed by atoms with van der Waals surface area (Å²) in [5.74, 6) is 7.57. The van der Waals surface area contributed by atoms with Gasteiger partial charge in [0.15, 0.2) is 0 Å². The minimum atomic E-state index is 0.0183. The summed E-state index contributed by atoms with van der Waals surface area (Å²) >= 11 is 0. The van der Waals surface area contributed by atoms with Crippen LogP contribution in [0, 0.1) is 6.92 Å². The molecule has 0 fully saturated rings. The first kappa shape index (κ1) is 16.2. The number of nitrogens with two attached hydrogens (primary N) is 1. The molecule has 1 aromatic heterocycles. The van der Waals surface area contributed by atoms with E-state index in [1.54, 1.807) is 19.0 Å². The Kier molecular flexibility index (Phi) is 5.69. The van der Waals surface area contributed by atoms with Crippen LogP contribution in [0.5, 0.6) is 0 Å². The van der Waals surface area contributed by atoms with Crippen molar-refractivity contribution in [2.24, 2.45) is 5.84 Å². The largest absolute Gasteiger partial charge is 0.350 e. The second kappa shape index (κ2) is 7.04. The van der Waals surface area contributed by atoms with Crippen molar-refractivity contribution in [3.63, 3.8) is 0 Å². The van der Waals surface area contributed by atoms with E-state index in [2.05, 4.69) is 22.3 Å². The molecule has 7 heteroatoms. The van der Waals surface area contributed by atoms with Gasteiger partial charge in [0, 0.05) is 33.1 Å². The number of amides is 1. The lowest BCUT2D eigenvalue weighted by Gasteiger charge is -2.23. The summed E-state index contributed by atoms with van der Waals surface area (Å²) in [6, 6.07) is 0. The molecule has 1 aromatic rings. The highest BCUT2D eigenvalue weighted by Gasteiger charge is 2.16. The van der Waals surface area contributed by atoms with E-state index in [0.717, 1.165) is 30.0 Å². The Morgan fingerprint density at radius 1 is 1.30 bits per heavy atom. The first-order valence-electron chi connectivity index (χ1n) is 6.66. The number of nitrogens with zero attached hydrogens (tertiary/aromatic N) is 4. The third kappa shape index (κ3) is 3.80. The summed E-state index contributed by atoms with van der Waals surface area (Å²) in [5.41, 5.74) is 3.43. The van der Waals surface area contributed by atoms with Gasteiger partial charge in [-0.2, -0.15) is 0 Å². The fraction of sp³-hybridized carbons (Fsp3) is 0.615. The van der Waals surface area contributed by atoms with E-state index < -0.39 is 0 Å². The molecule has 1 amide bonds. The van der Waals surface area contributed by atoms with Gasteiger partial charge in [0.2, 0.25) is 5.91 Å². The van der Waals surface area contributed by atoms with Crippen molar-refractivity contribution in [3.8, 4) is 0 Å². The number of likely N-dealkylation sites (N-methyl/N-ethyl adjacent to an activating group) is 2. The van der Waals surface area contributed by atoms with Crippen LogP contribution in [0.2, 0.25) is 0 Å². The van der Waals surface area contributed by atoms with Gasteiger partial charge in [0.1, 0.15) is 17.5 Å². The van der Waals surface area contributed by atoms with Gasteiger partial charge in [-0.25, -0.2) is 15.8 Å². The second-order valence-corrected chi connectivity index (χ2v) is 4.98. The number of aromatic nitrogens is 2. The zero-order chi connectivity index (χ0) is 15.3. The maximum atomic E-state index is 11.8. The number of carbonyl (C=O) groups is 1. The molecule has 0 atom stereocenters. The second-order valence-electron chi connectivity index (χ2n) is 4.98. The SMILES string of the molecule is CCCc1nc(NN)c(C)c(N(C)CC(=O)N(C)C)n1. The molecular weight excluding hydrogens is 256 g/mol. The van der Waals surface area contributed by atoms with Crippen LogP contribution >= 0.6 is 0 Å². The molecule has 0 aliphatic rings. The van der Waals surface area contributed by atoms with Crippen molar-refractivity contribution in [1.29, 1.82) is 0 Å². The molecule has 0 radical (unpaired) electrons. The molecule has 20 heavy (non-hydrogen) atoms. The maximum Gasteiger partial charge on any atom is 0.241 e. The van der Waals surface area contributed by atoms with Crippen LogP contribution in [0.15, 0.2) is 0 Å². The lowest BCUT2D eigenvalue weighted by Crippen LogP contribution is -2.35. The fourth-order valence-corrected chi connectivity index (χ4v) is 1.82. The number of hydrazine groups is 1. The summed E-state index contributed by atoms with van der Waals surface area (Å²) < 4.78 is 0. The zero-order valence-electron chi connectivity index (χ0n) is 12.9. The highest BCUT2D eigenvalue weighted by Crippen LogP contribution is 2.22. The van der Waals surface area contributed by atoms with Crippen LogP contribution in [-0.4, -0.2) is 48.5 Å². The Morgan fingerprint density at radius 2 is 1.95 bits per heavy atom. The quantitative estimate of drug-likeness (QED) is 0.584. The third-order valence-corrected chi connectivity index (χ3v) is 3.01. The molecule has 0 bridgehead atoms. The van der Waals surface area contributed by atoms with Crippen LogP contribution < -0.4 is 16.2 Å². The number of aryl methyl sites for hydroxylation is 1. The number of hydrogen-bond donors (Lipinski definition) is 2. The van der Waals surface area contributed by atoms with Gasteiger partial charge >= 0.3 is 0 Å². The van der Waals surface area contributed by atoms with Gasteiger partial charge in [0.05, 0.1) is 6.54 Å². The number of hydrogen-bond acceptors (Lipinski definition) is 6. The minimum absolute atomic E-state index is 0.0183. The molecule has 7 nitrogen and oxygen atoms in total. The van der Waals surface area contributed by atoms with Crippen molar-refractivity contribution < 1.29 is 4.79 Å². The monoisotopic (exact) mass is 280 g/mol. The number of anilines is 2. The fourth-order valence-electron chi connectivity index (χ4n) is 1.82. The molecule has 112 valence electrons. The van der Waals surface area contributed by atoms with E-state index in [1.165, 1.54) is 0 Å². The van der Waals surface area contributed by atoms with Crippen molar-refractivity contribution >= 4 is 17.5 Å². The standard InChI is InChI=1S/C13H24N6O/c1-6-7-10-15-12(17-14)9(2)13(16-10)19(5)8-11(20)18(3)4/h6-8,14H2,1-5H3,(H,15,16,17). The van der Waals surface area contributed by atoms with Crippen LogP contribution in [0.25, 0.3) is 0 Å². The van der Waals surface area contributed by atoms with Gasteiger partial charge in [-0.15, -0.1) is 0 Å². The third-order valence-electron chi connectivity index (χ3n) is 3.01. The predicted molar refractivity (Wildman–Crippen MR) is 80.5 cm³/mol. The van der Waals surface area contributed by atoms with E-state index in [4.69, 9.17) is 5.84 Å². The zero-order valence-corrected chi connectivity index (χ0v) is 12.9. The van der Waals surface area contributed by atoms with Crippen LogP contribution in [0.3, 0.4) is 0 Å². The molecule has 0 unspecified atom stereocenters. The first-order valence-corrected chi connectivity index (χ1v) is 6.66. The molecule has 3 N–H and O–H groups in total. The summed E-state index contributed by atoms with van der Waals surface area (Å²) in [5, 5.41) is 0. The van der Waals surface area contributed by atoms with Gasteiger partial charge in [0.25, 0.3) is 0 Å². The Hall–Kier alpha value is -1.89. The van der Waals surface area contributed by atoms with Crippen molar-refractivity contribution in [3.05, 3.63) is 11.4 Å². The average Bonchev–Trinajstić information content (AvgIpc) is 2.40. The minimum Gasteiger partial charge on any atom is -0.350 e. The molecule has 0 spiro atoms. The molecular formula is C13H24N6O. The summed E-state index contributed by atoms with van der Waals surface area (Å²) in [7, 11) is 5.31. The molecule has 0 saturated heterocycles. The Morgan fingerprint density at radius 3 is 2.45 bits per heavy atom. The predicted octanol–water partition coefficient (Wildman–Crippen LogP) is 0.548. The first-order chi connectivity index (χ1) is 9.40. The van der Waals surface area contributed by atoms with Crippen LogP contribution in [0.1, 0.15) is 24.7 Å². The van der Waals surface area contributed by atoms with E-state index in [9.17, 15) is 4.79 Å². The lowest BCUT2D eigenvalue weighted by molar-refractivity contribution is -0.127. The Labute approximate surface area is 120 Å². The Bertz CT molecular complexity index is 474. The van der Waals surface area contributed by atoms with E-state index >= 15 is 0 Å². The topological polar surface area (TPSA) is 87.4 Å².